The highest BCUT2D eigenvalue weighted by Gasteiger charge is 2.55. The molecule has 0 saturated carbocycles. The van der Waals surface area contributed by atoms with Gasteiger partial charge in [0.05, 0.1) is 33.4 Å². The first-order chi connectivity index (χ1) is 13.4. The largest absolute Gasteiger partial charge is 0.497 e. The normalized spacial score (nSPS) is 15.5. The number of carbonyl (C=O) groups excluding carboxylic acids is 2. The van der Waals surface area contributed by atoms with Crippen LogP contribution < -0.4 is 9.47 Å². The number of ether oxygens (including phenoxy) is 2. The fourth-order valence-electron chi connectivity index (χ4n) is 3.04. The minimum absolute atomic E-state index is 0.183. The topological polar surface area (TPSA) is 82.9 Å². The van der Waals surface area contributed by atoms with E-state index in [1.54, 1.807) is 38.5 Å². The van der Waals surface area contributed by atoms with E-state index in [-0.39, 0.29) is 13.1 Å². The van der Waals surface area contributed by atoms with Crippen LogP contribution in [-0.2, 0) is 22.7 Å². The van der Waals surface area contributed by atoms with Crippen LogP contribution in [0.2, 0.25) is 0 Å². The van der Waals surface area contributed by atoms with E-state index < -0.39 is 17.2 Å². The van der Waals surface area contributed by atoms with Crippen molar-refractivity contribution in [1.29, 1.82) is 5.26 Å². The number of benzene rings is 2. The minimum atomic E-state index is -1.72. The Morgan fingerprint density at radius 3 is 1.46 bits per heavy atom. The molecule has 0 unspecified atom stereocenters. The summed E-state index contributed by atoms with van der Waals surface area (Å²) in [5, 5.41) is 12.2. The van der Waals surface area contributed by atoms with Crippen LogP contribution >= 0.6 is 0 Å². The van der Waals surface area contributed by atoms with E-state index in [1.165, 1.54) is 16.9 Å². The lowest BCUT2D eigenvalue weighted by molar-refractivity contribution is -0.149. The molecule has 0 bridgehead atoms. The Bertz CT molecular complexity index is 849. The summed E-state index contributed by atoms with van der Waals surface area (Å²) in [6.45, 7) is 1.73. The third-order valence-electron chi connectivity index (χ3n) is 4.82. The molecule has 144 valence electrons. The minimum Gasteiger partial charge on any atom is -0.497 e. The molecular formula is C21H21N3O4. The van der Waals surface area contributed by atoms with E-state index in [0.717, 1.165) is 11.1 Å². The van der Waals surface area contributed by atoms with E-state index in [0.29, 0.717) is 11.5 Å². The van der Waals surface area contributed by atoms with Crippen molar-refractivity contribution in [1.82, 2.24) is 10.0 Å². The van der Waals surface area contributed by atoms with Gasteiger partial charge in [0.1, 0.15) is 11.5 Å². The molecule has 0 atom stereocenters. The Morgan fingerprint density at radius 2 is 1.18 bits per heavy atom. The van der Waals surface area contributed by atoms with E-state index >= 15 is 0 Å². The molecule has 3 rings (SSSR count). The number of amides is 2. The molecule has 1 saturated heterocycles. The lowest BCUT2D eigenvalue weighted by Crippen LogP contribution is -2.39. The molecule has 28 heavy (non-hydrogen) atoms. The Morgan fingerprint density at radius 1 is 0.821 bits per heavy atom. The molecular weight excluding hydrogens is 358 g/mol. The van der Waals surface area contributed by atoms with Crippen LogP contribution in [-0.4, -0.2) is 36.1 Å². The smallest absolute Gasteiger partial charge is 0.271 e. The van der Waals surface area contributed by atoms with Gasteiger partial charge in [-0.2, -0.15) is 5.26 Å². The summed E-state index contributed by atoms with van der Waals surface area (Å²) in [6, 6.07) is 16.3. The lowest BCUT2D eigenvalue weighted by atomic mass is 9.92. The first-order valence-electron chi connectivity index (χ1n) is 8.74. The second kappa shape index (κ2) is 7.61. The summed E-state index contributed by atoms with van der Waals surface area (Å²) in [5.41, 5.74) is -0.0772. The summed E-state index contributed by atoms with van der Waals surface area (Å²) in [7, 11) is 3.15. The van der Waals surface area contributed by atoms with Crippen LogP contribution in [0, 0.1) is 16.7 Å². The molecule has 7 nitrogen and oxygen atoms in total. The Kier molecular flexibility index (Phi) is 5.23. The maximum absolute atomic E-state index is 12.9. The SMILES string of the molecule is COc1ccc(CN2C(=O)C(C)(C#N)C(=O)N2Cc2ccc(OC)cc2)cc1. The van der Waals surface area contributed by atoms with Gasteiger partial charge in [-0.05, 0) is 42.3 Å². The zero-order valence-corrected chi connectivity index (χ0v) is 16.0. The number of nitrogens with zero attached hydrogens (tertiary/aromatic N) is 3. The van der Waals surface area contributed by atoms with Crippen molar-refractivity contribution in [3.63, 3.8) is 0 Å². The second-order valence-electron chi connectivity index (χ2n) is 6.66. The highest BCUT2D eigenvalue weighted by Crippen LogP contribution is 2.33. The van der Waals surface area contributed by atoms with E-state index in [4.69, 9.17) is 9.47 Å². The van der Waals surface area contributed by atoms with Crippen LogP contribution in [0.5, 0.6) is 11.5 Å². The number of carbonyl (C=O) groups is 2. The highest BCUT2D eigenvalue weighted by atomic mass is 16.5. The van der Waals surface area contributed by atoms with Gasteiger partial charge in [0.25, 0.3) is 11.8 Å². The summed E-state index contributed by atoms with van der Waals surface area (Å²) in [6.07, 6.45) is 0. The van der Waals surface area contributed by atoms with Crippen LogP contribution in [0.1, 0.15) is 18.1 Å². The highest BCUT2D eigenvalue weighted by molar-refractivity contribution is 6.11. The number of methoxy groups -OCH3 is 2. The molecule has 1 heterocycles. The van der Waals surface area contributed by atoms with Gasteiger partial charge in [-0.3, -0.25) is 9.59 Å². The predicted octanol–water partition coefficient (Wildman–Crippen LogP) is 2.52. The average Bonchev–Trinajstić information content (AvgIpc) is 2.91. The summed E-state index contributed by atoms with van der Waals surface area (Å²) < 4.78 is 10.3. The quantitative estimate of drug-likeness (QED) is 0.720. The summed E-state index contributed by atoms with van der Waals surface area (Å²) >= 11 is 0. The molecule has 7 heteroatoms. The number of hydrogen-bond donors (Lipinski definition) is 0. The lowest BCUT2D eigenvalue weighted by Gasteiger charge is -2.28. The molecule has 0 aromatic heterocycles. The summed E-state index contributed by atoms with van der Waals surface area (Å²) in [4.78, 5) is 25.8. The maximum atomic E-state index is 12.9. The van der Waals surface area contributed by atoms with Gasteiger partial charge >= 0.3 is 0 Å². The van der Waals surface area contributed by atoms with Crippen LogP contribution in [0.15, 0.2) is 48.5 Å². The molecule has 1 aliphatic rings. The van der Waals surface area contributed by atoms with Crippen molar-refractivity contribution < 1.29 is 19.1 Å². The standard InChI is InChI=1S/C21H21N3O4/c1-21(14-22)19(25)23(12-15-4-8-17(27-2)9-5-15)24(20(21)26)13-16-6-10-18(28-3)11-7-16/h4-11H,12-13H2,1-3H3. The van der Waals surface area contributed by atoms with Crippen molar-refractivity contribution in [2.45, 2.75) is 20.0 Å². The molecule has 0 N–H and O–H groups in total. The monoisotopic (exact) mass is 379 g/mol. The molecule has 1 fully saturated rings. The third-order valence-corrected chi connectivity index (χ3v) is 4.82. The van der Waals surface area contributed by atoms with Crippen molar-refractivity contribution in [3.05, 3.63) is 59.7 Å². The summed E-state index contributed by atoms with van der Waals surface area (Å²) in [5.74, 6) is 0.350. The van der Waals surface area contributed by atoms with Gasteiger partial charge in [-0.25, -0.2) is 10.0 Å². The fraction of sp³-hybridized carbons (Fsp3) is 0.286. The second-order valence-corrected chi connectivity index (χ2v) is 6.66. The molecule has 0 radical (unpaired) electrons. The molecule has 2 aromatic carbocycles. The average molecular weight is 379 g/mol. The van der Waals surface area contributed by atoms with Gasteiger partial charge < -0.3 is 9.47 Å². The molecule has 1 aliphatic heterocycles. The third kappa shape index (κ3) is 3.37. The van der Waals surface area contributed by atoms with Gasteiger partial charge in [0, 0.05) is 0 Å². The van der Waals surface area contributed by atoms with Crippen molar-refractivity contribution in [2.75, 3.05) is 14.2 Å². The van der Waals surface area contributed by atoms with E-state index in [9.17, 15) is 14.9 Å². The first kappa shape index (κ1) is 19.2. The molecule has 0 spiro atoms. The van der Waals surface area contributed by atoms with E-state index in [1.807, 2.05) is 30.3 Å². The predicted molar refractivity (Wildman–Crippen MR) is 101 cm³/mol. The Hall–Kier alpha value is -3.53. The zero-order chi connectivity index (χ0) is 20.3. The van der Waals surface area contributed by atoms with Crippen molar-refractivity contribution in [2.24, 2.45) is 5.41 Å². The maximum Gasteiger partial charge on any atom is 0.271 e. The Balaban J connectivity index is 1.89. The van der Waals surface area contributed by atoms with Crippen molar-refractivity contribution >= 4 is 11.8 Å². The van der Waals surface area contributed by atoms with Gasteiger partial charge in [-0.15, -0.1) is 0 Å². The molecule has 2 aromatic rings. The van der Waals surface area contributed by atoms with Gasteiger partial charge in [0.15, 0.2) is 0 Å². The van der Waals surface area contributed by atoms with E-state index in [2.05, 4.69) is 0 Å². The van der Waals surface area contributed by atoms with Gasteiger partial charge in [-0.1, -0.05) is 24.3 Å². The zero-order valence-electron chi connectivity index (χ0n) is 16.0. The Labute approximate surface area is 163 Å². The molecule has 2 amide bonds. The van der Waals surface area contributed by atoms with Crippen LogP contribution in [0.25, 0.3) is 0 Å². The fourth-order valence-corrected chi connectivity index (χ4v) is 3.04. The number of rotatable bonds is 6. The van der Waals surface area contributed by atoms with Crippen LogP contribution in [0.3, 0.4) is 0 Å². The van der Waals surface area contributed by atoms with Gasteiger partial charge in [0.2, 0.25) is 5.41 Å². The van der Waals surface area contributed by atoms with Crippen LogP contribution in [0.4, 0.5) is 0 Å². The molecule has 0 aliphatic carbocycles. The number of hydrazine groups is 1. The number of hydrogen-bond acceptors (Lipinski definition) is 5. The van der Waals surface area contributed by atoms with Crippen molar-refractivity contribution in [3.8, 4) is 17.6 Å². The number of nitriles is 1. The first-order valence-corrected chi connectivity index (χ1v) is 8.74.